The van der Waals surface area contributed by atoms with Crippen LogP contribution in [0.25, 0.3) is 10.8 Å². The Morgan fingerprint density at radius 1 is 1.00 bits per heavy atom. The predicted molar refractivity (Wildman–Crippen MR) is 55.1 cm³/mol. The van der Waals surface area contributed by atoms with Crippen molar-refractivity contribution in [2.24, 2.45) is 0 Å². The molecule has 0 aliphatic carbocycles. The van der Waals surface area contributed by atoms with Gasteiger partial charge in [-0.3, -0.25) is 0 Å². The highest BCUT2D eigenvalue weighted by Gasteiger charge is 2.01. The van der Waals surface area contributed by atoms with Gasteiger partial charge in [0.2, 0.25) is 0 Å². The molecule has 1 heteroatoms. The number of aromatic hydroxyl groups is 1. The second kappa shape index (κ2) is 2.77. The van der Waals surface area contributed by atoms with Crippen molar-refractivity contribution in [3.63, 3.8) is 0 Å². The lowest BCUT2D eigenvalue weighted by Crippen LogP contribution is -1.82. The standard InChI is InChI=1S/C12H12O/c1-8-4-3-5-10-7-11(13)6-9(2)12(8)10/h3-7,13H,1-2H3. The molecule has 0 saturated heterocycles. The molecule has 0 bridgehead atoms. The topological polar surface area (TPSA) is 20.2 Å². The minimum Gasteiger partial charge on any atom is -0.508 e. The van der Waals surface area contributed by atoms with Crippen LogP contribution in [0.15, 0.2) is 30.3 Å². The molecule has 0 saturated carbocycles. The fourth-order valence-corrected chi connectivity index (χ4v) is 1.84. The average molecular weight is 172 g/mol. The maximum absolute atomic E-state index is 9.40. The highest BCUT2D eigenvalue weighted by molar-refractivity contribution is 5.89. The van der Waals surface area contributed by atoms with Gasteiger partial charge < -0.3 is 5.11 Å². The number of benzene rings is 2. The van der Waals surface area contributed by atoms with E-state index in [1.54, 1.807) is 12.1 Å². The number of hydrogen-bond donors (Lipinski definition) is 1. The van der Waals surface area contributed by atoms with Crippen molar-refractivity contribution in [3.8, 4) is 5.75 Å². The van der Waals surface area contributed by atoms with E-state index in [9.17, 15) is 5.11 Å². The Morgan fingerprint density at radius 2 is 1.77 bits per heavy atom. The molecule has 2 aromatic carbocycles. The van der Waals surface area contributed by atoms with E-state index in [1.807, 2.05) is 19.1 Å². The van der Waals surface area contributed by atoms with E-state index in [4.69, 9.17) is 0 Å². The van der Waals surface area contributed by atoms with Crippen LogP contribution >= 0.6 is 0 Å². The van der Waals surface area contributed by atoms with E-state index in [1.165, 1.54) is 10.9 Å². The zero-order valence-electron chi connectivity index (χ0n) is 7.83. The number of rotatable bonds is 0. The zero-order valence-corrected chi connectivity index (χ0v) is 7.83. The van der Waals surface area contributed by atoms with Crippen molar-refractivity contribution in [1.29, 1.82) is 0 Å². The molecule has 0 unspecified atom stereocenters. The first-order valence-electron chi connectivity index (χ1n) is 4.37. The van der Waals surface area contributed by atoms with E-state index < -0.39 is 0 Å². The Hall–Kier alpha value is -1.50. The van der Waals surface area contributed by atoms with Crippen LogP contribution in [-0.2, 0) is 0 Å². The lowest BCUT2D eigenvalue weighted by molar-refractivity contribution is 0.476. The summed E-state index contributed by atoms with van der Waals surface area (Å²) in [4.78, 5) is 0. The molecule has 0 amide bonds. The number of phenols is 1. The normalized spacial score (nSPS) is 10.6. The summed E-state index contributed by atoms with van der Waals surface area (Å²) in [6.07, 6.45) is 0. The van der Waals surface area contributed by atoms with Crippen LogP contribution in [0.3, 0.4) is 0 Å². The van der Waals surface area contributed by atoms with Crippen LogP contribution in [0.4, 0.5) is 0 Å². The van der Waals surface area contributed by atoms with E-state index in [0.717, 1.165) is 10.9 Å². The third-order valence-electron chi connectivity index (χ3n) is 2.37. The van der Waals surface area contributed by atoms with E-state index in [-0.39, 0.29) is 0 Å². The van der Waals surface area contributed by atoms with Crippen molar-refractivity contribution >= 4 is 10.8 Å². The molecule has 2 aromatic rings. The summed E-state index contributed by atoms with van der Waals surface area (Å²) < 4.78 is 0. The summed E-state index contributed by atoms with van der Waals surface area (Å²) in [5.74, 6) is 0.343. The molecule has 0 aliphatic heterocycles. The molecule has 1 nitrogen and oxygen atoms in total. The molecule has 1 N–H and O–H groups in total. The number of hydrogen-bond acceptors (Lipinski definition) is 1. The summed E-state index contributed by atoms with van der Waals surface area (Å²) >= 11 is 0. The van der Waals surface area contributed by atoms with Gasteiger partial charge in [0.15, 0.2) is 0 Å². The molecule has 0 fully saturated rings. The average Bonchev–Trinajstić information content (AvgIpc) is 2.02. The van der Waals surface area contributed by atoms with Crippen LogP contribution in [0.5, 0.6) is 5.75 Å². The summed E-state index contributed by atoms with van der Waals surface area (Å²) in [5, 5.41) is 11.8. The maximum Gasteiger partial charge on any atom is 0.116 e. The van der Waals surface area contributed by atoms with Gasteiger partial charge in [-0.25, -0.2) is 0 Å². The first-order chi connectivity index (χ1) is 6.18. The smallest absolute Gasteiger partial charge is 0.116 e. The lowest BCUT2D eigenvalue weighted by Gasteiger charge is -2.05. The third-order valence-corrected chi connectivity index (χ3v) is 2.37. The molecule has 0 spiro atoms. The largest absolute Gasteiger partial charge is 0.508 e. The van der Waals surface area contributed by atoms with Gasteiger partial charge in [-0.15, -0.1) is 0 Å². The van der Waals surface area contributed by atoms with E-state index in [0.29, 0.717) is 5.75 Å². The lowest BCUT2D eigenvalue weighted by atomic mass is 10.0. The minimum absolute atomic E-state index is 0.343. The van der Waals surface area contributed by atoms with Crippen LogP contribution < -0.4 is 0 Å². The molecule has 0 atom stereocenters. The Bertz CT molecular complexity index is 458. The number of phenolic OH excluding ortho intramolecular Hbond substituents is 1. The Kier molecular flexibility index (Phi) is 1.73. The number of aryl methyl sites for hydroxylation is 2. The second-order valence-electron chi connectivity index (χ2n) is 3.44. The fourth-order valence-electron chi connectivity index (χ4n) is 1.84. The molecule has 0 aliphatic rings. The summed E-state index contributed by atoms with van der Waals surface area (Å²) in [5.41, 5.74) is 2.39. The summed E-state index contributed by atoms with van der Waals surface area (Å²) in [6.45, 7) is 4.11. The second-order valence-corrected chi connectivity index (χ2v) is 3.44. The van der Waals surface area contributed by atoms with Crippen molar-refractivity contribution in [3.05, 3.63) is 41.5 Å². The van der Waals surface area contributed by atoms with Gasteiger partial charge in [-0.1, -0.05) is 18.2 Å². The summed E-state index contributed by atoms with van der Waals surface area (Å²) in [7, 11) is 0. The van der Waals surface area contributed by atoms with Crippen LogP contribution in [-0.4, -0.2) is 5.11 Å². The van der Waals surface area contributed by atoms with Gasteiger partial charge in [-0.05, 0) is 47.9 Å². The third kappa shape index (κ3) is 1.26. The van der Waals surface area contributed by atoms with Crippen LogP contribution in [0.1, 0.15) is 11.1 Å². The molecular formula is C12H12O. The van der Waals surface area contributed by atoms with E-state index in [2.05, 4.69) is 13.0 Å². The van der Waals surface area contributed by atoms with Gasteiger partial charge in [0.25, 0.3) is 0 Å². The van der Waals surface area contributed by atoms with Crippen molar-refractivity contribution < 1.29 is 5.11 Å². The quantitative estimate of drug-likeness (QED) is 0.647. The van der Waals surface area contributed by atoms with Gasteiger partial charge >= 0.3 is 0 Å². The fraction of sp³-hybridized carbons (Fsp3) is 0.167. The first-order valence-corrected chi connectivity index (χ1v) is 4.37. The molecular weight excluding hydrogens is 160 g/mol. The van der Waals surface area contributed by atoms with Gasteiger partial charge in [-0.2, -0.15) is 0 Å². The highest BCUT2D eigenvalue weighted by Crippen LogP contribution is 2.26. The molecule has 2 rings (SSSR count). The Labute approximate surface area is 77.6 Å². The van der Waals surface area contributed by atoms with Gasteiger partial charge in [0, 0.05) is 0 Å². The zero-order chi connectivity index (χ0) is 9.42. The Morgan fingerprint density at radius 3 is 2.54 bits per heavy atom. The van der Waals surface area contributed by atoms with Crippen molar-refractivity contribution in [2.75, 3.05) is 0 Å². The van der Waals surface area contributed by atoms with E-state index >= 15 is 0 Å². The molecule has 66 valence electrons. The Balaban J connectivity index is 2.94. The molecule has 0 aromatic heterocycles. The molecule has 13 heavy (non-hydrogen) atoms. The van der Waals surface area contributed by atoms with Crippen LogP contribution in [0.2, 0.25) is 0 Å². The van der Waals surface area contributed by atoms with Crippen LogP contribution in [0, 0.1) is 13.8 Å². The SMILES string of the molecule is Cc1cccc2cc(O)cc(C)c12. The monoisotopic (exact) mass is 172 g/mol. The summed E-state index contributed by atoms with van der Waals surface area (Å²) in [6, 6.07) is 9.72. The van der Waals surface area contributed by atoms with Crippen molar-refractivity contribution in [2.45, 2.75) is 13.8 Å². The highest BCUT2D eigenvalue weighted by atomic mass is 16.3. The van der Waals surface area contributed by atoms with Gasteiger partial charge in [0.05, 0.1) is 0 Å². The van der Waals surface area contributed by atoms with Crippen molar-refractivity contribution in [1.82, 2.24) is 0 Å². The maximum atomic E-state index is 9.40. The molecule has 0 radical (unpaired) electrons. The number of fused-ring (bicyclic) bond motifs is 1. The first kappa shape index (κ1) is 8.11. The van der Waals surface area contributed by atoms with Gasteiger partial charge in [0.1, 0.15) is 5.75 Å². The molecule has 0 heterocycles. The minimum atomic E-state index is 0.343. The predicted octanol–water partition coefficient (Wildman–Crippen LogP) is 3.16.